The van der Waals surface area contributed by atoms with Crippen LogP contribution in [0.3, 0.4) is 0 Å². The summed E-state index contributed by atoms with van der Waals surface area (Å²) in [5, 5.41) is 2.22. The van der Waals surface area contributed by atoms with Crippen LogP contribution < -0.4 is 4.90 Å². The molecule has 180 valence electrons. The van der Waals surface area contributed by atoms with E-state index in [1.807, 2.05) is 30.5 Å². The van der Waals surface area contributed by atoms with Gasteiger partial charge >= 0.3 is 5.97 Å². The topological polar surface area (TPSA) is 74.3 Å². The Labute approximate surface area is 205 Å². The van der Waals surface area contributed by atoms with Crippen LogP contribution in [0.15, 0.2) is 48.8 Å². The summed E-state index contributed by atoms with van der Waals surface area (Å²) in [5.74, 6) is 0.712. The molecule has 2 fully saturated rings. The number of methoxy groups -OCH3 is 1. The highest BCUT2D eigenvalue weighted by Crippen LogP contribution is 2.36. The van der Waals surface area contributed by atoms with E-state index in [9.17, 15) is 4.79 Å². The van der Waals surface area contributed by atoms with Gasteiger partial charge in [0.15, 0.2) is 0 Å². The van der Waals surface area contributed by atoms with Crippen molar-refractivity contribution in [1.29, 1.82) is 0 Å². The van der Waals surface area contributed by atoms with Crippen molar-refractivity contribution in [1.82, 2.24) is 19.9 Å². The lowest BCUT2D eigenvalue weighted by atomic mass is 10.0. The lowest BCUT2D eigenvalue weighted by molar-refractivity contribution is 0.0601. The number of aromatic amines is 1. The minimum atomic E-state index is -0.329. The van der Waals surface area contributed by atoms with Gasteiger partial charge in [-0.15, -0.1) is 0 Å². The highest BCUT2D eigenvalue weighted by Gasteiger charge is 2.28. The molecule has 7 heteroatoms. The van der Waals surface area contributed by atoms with Gasteiger partial charge in [0.25, 0.3) is 0 Å². The third-order valence-corrected chi connectivity index (χ3v) is 7.56. The molecule has 2 aliphatic rings. The van der Waals surface area contributed by atoms with Gasteiger partial charge in [0.2, 0.25) is 0 Å². The lowest BCUT2D eigenvalue weighted by Crippen LogP contribution is -2.44. The Hall–Kier alpha value is -3.45. The molecule has 0 radical (unpaired) electrons. The Morgan fingerprint density at radius 1 is 1.09 bits per heavy atom. The molecular formula is C28H31N5O2. The molecular weight excluding hydrogens is 438 g/mol. The summed E-state index contributed by atoms with van der Waals surface area (Å²) >= 11 is 0. The molecule has 1 aromatic carbocycles. The van der Waals surface area contributed by atoms with Crippen molar-refractivity contribution in [2.75, 3.05) is 38.2 Å². The van der Waals surface area contributed by atoms with Crippen LogP contribution in [0.1, 0.15) is 47.3 Å². The maximum Gasteiger partial charge on any atom is 0.337 e. The summed E-state index contributed by atoms with van der Waals surface area (Å²) in [7, 11) is 1.41. The molecule has 4 aromatic rings. The number of hydrogen-bond donors (Lipinski definition) is 1. The molecule has 0 aliphatic carbocycles. The molecule has 5 heterocycles. The van der Waals surface area contributed by atoms with E-state index in [2.05, 4.69) is 31.9 Å². The fourth-order valence-corrected chi connectivity index (χ4v) is 5.78. The second-order valence-corrected chi connectivity index (χ2v) is 9.74. The van der Waals surface area contributed by atoms with Gasteiger partial charge in [-0.05, 0) is 68.6 Å². The van der Waals surface area contributed by atoms with Crippen LogP contribution in [0.4, 0.5) is 5.82 Å². The van der Waals surface area contributed by atoms with E-state index < -0.39 is 0 Å². The van der Waals surface area contributed by atoms with Crippen molar-refractivity contribution >= 4 is 33.6 Å². The van der Waals surface area contributed by atoms with Gasteiger partial charge in [0.05, 0.1) is 18.2 Å². The number of esters is 1. The van der Waals surface area contributed by atoms with Crippen LogP contribution in [-0.2, 0) is 11.2 Å². The summed E-state index contributed by atoms with van der Waals surface area (Å²) in [5.41, 5.74) is 4.68. The van der Waals surface area contributed by atoms with Crippen LogP contribution in [0.5, 0.6) is 0 Å². The van der Waals surface area contributed by atoms with E-state index in [0.29, 0.717) is 11.6 Å². The monoisotopic (exact) mass is 469 g/mol. The number of carbonyl (C=O) groups is 1. The van der Waals surface area contributed by atoms with E-state index >= 15 is 0 Å². The number of benzene rings is 1. The first-order valence-electron chi connectivity index (χ1n) is 12.6. The molecule has 7 nitrogen and oxygen atoms in total. The summed E-state index contributed by atoms with van der Waals surface area (Å²) in [6.45, 7) is 4.51. The van der Waals surface area contributed by atoms with E-state index in [1.165, 1.54) is 45.9 Å². The number of anilines is 1. The average molecular weight is 470 g/mol. The number of hydrogen-bond acceptors (Lipinski definition) is 6. The fourth-order valence-electron chi connectivity index (χ4n) is 5.78. The van der Waals surface area contributed by atoms with E-state index in [-0.39, 0.29) is 5.97 Å². The Bertz CT molecular complexity index is 1350. The maximum atomic E-state index is 12.1. The molecule has 0 spiro atoms. The zero-order chi connectivity index (χ0) is 23.8. The number of pyridine rings is 2. The SMILES string of the molecule is COC(=O)c1ccc2c(c1)[nH]c1cc(Cc3cccnc3)nc(N3CCC(N4CCCC4)CC3)c12. The predicted molar refractivity (Wildman–Crippen MR) is 138 cm³/mol. The van der Waals surface area contributed by atoms with Crippen LogP contribution in [0.25, 0.3) is 21.8 Å². The first-order chi connectivity index (χ1) is 17.2. The molecule has 2 aliphatic heterocycles. The Balaban J connectivity index is 1.40. The number of nitrogens with zero attached hydrogens (tertiary/aromatic N) is 4. The van der Waals surface area contributed by atoms with Crippen molar-refractivity contribution in [2.24, 2.45) is 0 Å². The standard InChI is InChI=1S/C28H31N5O2/c1-35-28(34)20-6-7-23-24(16-20)31-25-17-21(15-19-5-4-10-29-18-19)30-27(26(23)25)33-13-8-22(9-14-33)32-11-2-3-12-32/h4-7,10,16-18,22,31H,2-3,8-9,11-15H2,1H3. The average Bonchev–Trinajstić information content (AvgIpc) is 3.56. The van der Waals surface area contributed by atoms with Crippen molar-refractivity contribution in [2.45, 2.75) is 38.1 Å². The van der Waals surface area contributed by atoms with E-state index in [1.54, 1.807) is 6.20 Å². The molecule has 6 rings (SSSR count). The van der Waals surface area contributed by atoms with Gasteiger partial charge in [-0.2, -0.15) is 0 Å². The smallest absolute Gasteiger partial charge is 0.337 e. The van der Waals surface area contributed by atoms with Gasteiger partial charge in [-0.3, -0.25) is 4.98 Å². The highest BCUT2D eigenvalue weighted by atomic mass is 16.5. The summed E-state index contributed by atoms with van der Waals surface area (Å²) < 4.78 is 4.93. The number of piperidine rings is 1. The molecule has 3 aromatic heterocycles. The molecule has 1 N–H and O–H groups in total. The number of aromatic nitrogens is 3. The third kappa shape index (κ3) is 4.25. The van der Waals surface area contributed by atoms with Gasteiger partial charge in [0.1, 0.15) is 5.82 Å². The van der Waals surface area contributed by atoms with Crippen LogP contribution >= 0.6 is 0 Å². The van der Waals surface area contributed by atoms with Gasteiger partial charge < -0.3 is 19.5 Å². The summed E-state index contributed by atoms with van der Waals surface area (Å²) in [6, 6.07) is 12.6. The number of likely N-dealkylation sites (tertiary alicyclic amines) is 1. The second kappa shape index (κ2) is 9.30. The molecule has 0 bridgehead atoms. The fraction of sp³-hybridized carbons (Fsp3) is 0.393. The van der Waals surface area contributed by atoms with Crippen LogP contribution in [-0.4, -0.2) is 65.2 Å². The minimum absolute atomic E-state index is 0.329. The van der Waals surface area contributed by atoms with Crippen molar-refractivity contribution in [3.63, 3.8) is 0 Å². The lowest BCUT2D eigenvalue weighted by Gasteiger charge is -2.37. The van der Waals surface area contributed by atoms with Crippen LogP contribution in [0, 0.1) is 0 Å². The normalized spacial score (nSPS) is 17.5. The molecule has 0 amide bonds. The van der Waals surface area contributed by atoms with Crippen molar-refractivity contribution < 1.29 is 9.53 Å². The molecule has 0 unspecified atom stereocenters. The number of H-pyrrole nitrogens is 1. The summed E-state index contributed by atoms with van der Waals surface area (Å²) in [4.78, 5) is 30.3. The zero-order valence-corrected chi connectivity index (χ0v) is 20.2. The van der Waals surface area contributed by atoms with Crippen molar-refractivity contribution in [3.05, 3.63) is 65.6 Å². The molecule has 0 saturated carbocycles. The second-order valence-electron chi connectivity index (χ2n) is 9.74. The molecule has 2 saturated heterocycles. The number of fused-ring (bicyclic) bond motifs is 3. The van der Waals surface area contributed by atoms with Crippen molar-refractivity contribution in [3.8, 4) is 0 Å². The number of rotatable bonds is 5. The predicted octanol–water partition coefficient (Wildman–Crippen LogP) is 4.55. The Kier molecular flexibility index (Phi) is 5.86. The summed E-state index contributed by atoms with van der Waals surface area (Å²) in [6.07, 6.45) is 9.44. The first-order valence-corrected chi connectivity index (χ1v) is 12.6. The van der Waals surface area contributed by atoms with Gasteiger partial charge in [0, 0.05) is 59.9 Å². The minimum Gasteiger partial charge on any atom is -0.465 e. The van der Waals surface area contributed by atoms with Crippen LogP contribution in [0.2, 0.25) is 0 Å². The van der Waals surface area contributed by atoms with E-state index in [4.69, 9.17) is 9.72 Å². The largest absolute Gasteiger partial charge is 0.465 e. The number of ether oxygens (including phenoxy) is 1. The molecule has 0 atom stereocenters. The third-order valence-electron chi connectivity index (χ3n) is 7.56. The number of nitrogens with one attached hydrogen (secondary N) is 1. The zero-order valence-electron chi connectivity index (χ0n) is 20.2. The maximum absolute atomic E-state index is 12.1. The van der Waals surface area contributed by atoms with Gasteiger partial charge in [-0.25, -0.2) is 9.78 Å². The number of carbonyl (C=O) groups excluding carboxylic acids is 1. The van der Waals surface area contributed by atoms with Gasteiger partial charge in [-0.1, -0.05) is 12.1 Å². The molecule has 35 heavy (non-hydrogen) atoms. The Morgan fingerprint density at radius 3 is 2.66 bits per heavy atom. The van der Waals surface area contributed by atoms with E-state index in [0.717, 1.165) is 58.4 Å². The quantitative estimate of drug-likeness (QED) is 0.432. The Morgan fingerprint density at radius 2 is 1.91 bits per heavy atom. The highest BCUT2D eigenvalue weighted by molar-refractivity contribution is 6.13. The first kappa shape index (κ1) is 22.0.